The van der Waals surface area contributed by atoms with Crippen molar-refractivity contribution in [2.45, 2.75) is 49.6 Å². The molecule has 0 aliphatic heterocycles. The number of nitrogens with two attached hydrogens (primary N) is 1. The summed E-state index contributed by atoms with van der Waals surface area (Å²) < 4.78 is 52.1. The number of aryl methyl sites for hydroxylation is 3. The molecule has 3 aromatic rings. The van der Waals surface area contributed by atoms with Gasteiger partial charge in [-0.2, -0.15) is 4.72 Å². The predicted molar refractivity (Wildman–Crippen MR) is 135 cm³/mol. The number of carbonyl (C=O) groups is 1. The lowest BCUT2D eigenvalue weighted by Crippen LogP contribution is -2.48. The van der Waals surface area contributed by atoms with Crippen molar-refractivity contribution in [3.8, 4) is 0 Å². The van der Waals surface area contributed by atoms with Crippen molar-refractivity contribution < 1.29 is 21.6 Å². The maximum atomic E-state index is 13.3. The molecular formula is C25H29N3O5S2. The first kappa shape index (κ1) is 26.6. The number of amides is 1. The highest BCUT2D eigenvalue weighted by molar-refractivity contribution is 7.89. The largest absolute Gasteiger partial charge is 0.351 e. The Bertz CT molecular complexity index is 1400. The number of primary sulfonamides is 1. The van der Waals surface area contributed by atoms with Gasteiger partial charge in [0.25, 0.3) is 0 Å². The summed E-state index contributed by atoms with van der Waals surface area (Å²) in [6.45, 7) is 5.43. The van der Waals surface area contributed by atoms with E-state index >= 15 is 0 Å². The van der Waals surface area contributed by atoms with Crippen molar-refractivity contribution in [2.24, 2.45) is 5.14 Å². The Labute approximate surface area is 206 Å². The molecule has 0 radical (unpaired) electrons. The van der Waals surface area contributed by atoms with E-state index in [2.05, 4.69) is 10.0 Å². The fourth-order valence-electron chi connectivity index (χ4n) is 3.98. The highest BCUT2D eigenvalue weighted by atomic mass is 32.2. The molecule has 186 valence electrons. The van der Waals surface area contributed by atoms with Gasteiger partial charge in [-0.15, -0.1) is 0 Å². The van der Waals surface area contributed by atoms with Crippen LogP contribution < -0.4 is 15.2 Å². The Hall–Kier alpha value is -3.05. The summed E-state index contributed by atoms with van der Waals surface area (Å²) in [6.07, 6.45) is 0.153. The van der Waals surface area contributed by atoms with Crippen LogP contribution in [0.5, 0.6) is 0 Å². The van der Waals surface area contributed by atoms with Crippen molar-refractivity contribution in [3.63, 3.8) is 0 Å². The first-order chi connectivity index (χ1) is 16.4. The fraction of sp³-hybridized carbons (Fsp3) is 0.240. The third kappa shape index (κ3) is 6.98. The normalized spacial score (nSPS) is 12.8. The van der Waals surface area contributed by atoms with Crippen LogP contribution in [0.3, 0.4) is 0 Å². The van der Waals surface area contributed by atoms with Gasteiger partial charge in [0.1, 0.15) is 6.04 Å². The number of hydrogen-bond acceptors (Lipinski definition) is 5. The maximum Gasteiger partial charge on any atom is 0.241 e. The fourth-order valence-corrected chi connectivity index (χ4v) is 6.15. The summed E-state index contributed by atoms with van der Waals surface area (Å²) >= 11 is 0. The molecule has 1 amide bonds. The molecule has 8 nitrogen and oxygen atoms in total. The maximum absolute atomic E-state index is 13.3. The van der Waals surface area contributed by atoms with E-state index in [0.717, 1.165) is 11.1 Å². The molecule has 3 rings (SSSR count). The Morgan fingerprint density at radius 3 is 1.97 bits per heavy atom. The first-order valence-electron chi connectivity index (χ1n) is 10.9. The Kier molecular flexibility index (Phi) is 8.11. The summed E-state index contributed by atoms with van der Waals surface area (Å²) in [4.78, 5) is 13.2. The minimum absolute atomic E-state index is 0.0360. The van der Waals surface area contributed by atoms with E-state index < -0.39 is 32.0 Å². The SMILES string of the molecule is Cc1cc(C)c(S(=O)(=O)N[C@H](Cc2ccccc2)C(=O)NCc2ccc(S(N)(=O)=O)cc2)c(C)c1. The second-order valence-corrected chi connectivity index (χ2v) is 11.7. The van der Waals surface area contributed by atoms with Gasteiger partial charge in [0.15, 0.2) is 0 Å². The first-order valence-corrected chi connectivity index (χ1v) is 13.9. The molecule has 3 aromatic carbocycles. The van der Waals surface area contributed by atoms with Gasteiger partial charge in [-0.25, -0.2) is 22.0 Å². The number of benzene rings is 3. The van der Waals surface area contributed by atoms with Crippen LogP contribution in [0.15, 0.2) is 76.5 Å². The molecule has 0 unspecified atom stereocenters. The van der Waals surface area contributed by atoms with Crippen molar-refractivity contribution >= 4 is 26.0 Å². The number of rotatable bonds is 9. The molecule has 0 aliphatic carbocycles. The third-order valence-corrected chi connectivity index (χ3v) is 8.19. The molecule has 0 fully saturated rings. The Morgan fingerprint density at radius 2 is 1.43 bits per heavy atom. The molecule has 4 N–H and O–H groups in total. The van der Waals surface area contributed by atoms with Gasteiger partial charge in [0, 0.05) is 6.54 Å². The van der Waals surface area contributed by atoms with Crippen LogP contribution in [-0.4, -0.2) is 28.8 Å². The lowest BCUT2D eigenvalue weighted by atomic mass is 10.1. The summed E-state index contributed by atoms with van der Waals surface area (Å²) in [6, 6.07) is 17.4. The zero-order valence-corrected chi connectivity index (χ0v) is 21.4. The third-order valence-electron chi connectivity index (χ3n) is 5.49. The van der Waals surface area contributed by atoms with Gasteiger partial charge in [-0.3, -0.25) is 4.79 Å². The number of nitrogens with one attached hydrogen (secondary N) is 2. The molecule has 0 heterocycles. The van der Waals surface area contributed by atoms with E-state index in [-0.39, 0.29) is 22.8 Å². The van der Waals surface area contributed by atoms with Gasteiger partial charge in [0.05, 0.1) is 9.79 Å². The molecule has 0 aliphatic rings. The van der Waals surface area contributed by atoms with Crippen molar-refractivity contribution in [1.29, 1.82) is 0 Å². The van der Waals surface area contributed by atoms with E-state index in [1.54, 1.807) is 26.0 Å². The number of hydrogen-bond donors (Lipinski definition) is 3. The van der Waals surface area contributed by atoms with Crippen molar-refractivity contribution in [1.82, 2.24) is 10.0 Å². The lowest BCUT2D eigenvalue weighted by Gasteiger charge is -2.21. The zero-order chi connectivity index (χ0) is 25.8. The van der Waals surface area contributed by atoms with E-state index in [0.29, 0.717) is 16.7 Å². The van der Waals surface area contributed by atoms with E-state index in [9.17, 15) is 21.6 Å². The van der Waals surface area contributed by atoms with Crippen LogP contribution >= 0.6 is 0 Å². The summed E-state index contributed by atoms with van der Waals surface area (Å²) in [5.74, 6) is -0.504. The van der Waals surface area contributed by atoms with E-state index in [4.69, 9.17) is 5.14 Å². The van der Waals surface area contributed by atoms with Gasteiger partial charge < -0.3 is 5.32 Å². The average Bonchev–Trinajstić information content (AvgIpc) is 2.76. The van der Waals surface area contributed by atoms with E-state index in [1.165, 1.54) is 24.3 Å². The van der Waals surface area contributed by atoms with Crippen LogP contribution in [0.1, 0.15) is 27.8 Å². The molecule has 0 bridgehead atoms. The van der Waals surface area contributed by atoms with Gasteiger partial charge in [-0.05, 0) is 61.6 Å². The Balaban J connectivity index is 1.83. The smallest absolute Gasteiger partial charge is 0.241 e. The zero-order valence-electron chi connectivity index (χ0n) is 19.8. The van der Waals surface area contributed by atoms with Crippen LogP contribution in [0.4, 0.5) is 0 Å². The molecule has 0 aromatic heterocycles. The van der Waals surface area contributed by atoms with Crippen LogP contribution in [0.25, 0.3) is 0 Å². The van der Waals surface area contributed by atoms with Gasteiger partial charge in [-0.1, -0.05) is 60.2 Å². The van der Waals surface area contributed by atoms with Crippen molar-refractivity contribution in [3.05, 3.63) is 94.5 Å². The topological polar surface area (TPSA) is 135 Å². The van der Waals surface area contributed by atoms with Gasteiger partial charge >= 0.3 is 0 Å². The molecular weight excluding hydrogens is 486 g/mol. The van der Waals surface area contributed by atoms with Crippen LogP contribution in [-0.2, 0) is 37.8 Å². The summed E-state index contributed by atoms with van der Waals surface area (Å²) in [5.41, 5.74) is 3.58. The van der Waals surface area contributed by atoms with Gasteiger partial charge in [0.2, 0.25) is 26.0 Å². The lowest BCUT2D eigenvalue weighted by molar-refractivity contribution is -0.122. The number of carbonyl (C=O) groups excluding carboxylic acids is 1. The van der Waals surface area contributed by atoms with Crippen LogP contribution in [0.2, 0.25) is 0 Å². The minimum Gasteiger partial charge on any atom is -0.351 e. The molecule has 0 spiro atoms. The summed E-state index contributed by atoms with van der Waals surface area (Å²) in [5, 5.41) is 7.86. The molecule has 10 heteroatoms. The van der Waals surface area contributed by atoms with Crippen molar-refractivity contribution in [2.75, 3.05) is 0 Å². The quantitative estimate of drug-likeness (QED) is 0.402. The molecule has 0 saturated heterocycles. The second kappa shape index (κ2) is 10.7. The molecule has 1 atom stereocenters. The Morgan fingerprint density at radius 1 is 0.857 bits per heavy atom. The minimum atomic E-state index is -4.00. The summed E-state index contributed by atoms with van der Waals surface area (Å²) in [7, 11) is -7.82. The van der Waals surface area contributed by atoms with E-state index in [1.807, 2.05) is 37.3 Å². The highest BCUT2D eigenvalue weighted by Gasteiger charge is 2.28. The van der Waals surface area contributed by atoms with Crippen LogP contribution in [0, 0.1) is 20.8 Å². The molecule has 0 saturated carbocycles. The average molecular weight is 516 g/mol. The highest BCUT2D eigenvalue weighted by Crippen LogP contribution is 2.22. The number of sulfonamides is 2. The monoisotopic (exact) mass is 515 g/mol. The predicted octanol–water partition coefficient (Wildman–Crippen LogP) is 2.47. The second-order valence-electron chi connectivity index (χ2n) is 8.50. The standard InChI is InChI=1S/C25H29N3O5S2/c1-17-13-18(2)24(19(3)14-17)35(32,33)28-23(15-20-7-5-4-6-8-20)25(29)27-16-21-9-11-22(12-10-21)34(26,30)31/h4-14,23,28H,15-16H2,1-3H3,(H,27,29)(H2,26,30,31)/t23-/m1/s1. The molecule has 35 heavy (non-hydrogen) atoms.